The third kappa shape index (κ3) is 5.79. The molecule has 0 bridgehead atoms. The van der Waals surface area contributed by atoms with E-state index in [9.17, 15) is 40.5 Å². The van der Waals surface area contributed by atoms with Crippen LogP contribution in [-0.2, 0) is 0 Å². The van der Waals surface area contributed by atoms with E-state index < -0.39 is 42.4 Å². The van der Waals surface area contributed by atoms with E-state index in [1.54, 1.807) is 0 Å². The predicted octanol–water partition coefficient (Wildman–Crippen LogP) is 3.37. The molecule has 19 heteroatoms. The van der Waals surface area contributed by atoms with Gasteiger partial charge in [0.05, 0.1) is 43.2 Å². The first-order chi connectivity index (χ1) is 17.5. The lowest BCUT2D eigenvalue weighted by atomic mass is 10.2. The molecule has 0 saturated heterocycles. The van der Waals surface area contributed by atoms with E-state index in [1.165, 1.54) is 13.8 Å². The molecule has 3 rings (SSSR count). The highest BCUT2D eigenvalue weighted by atomic mass is 16.6. The fourth-order valence-corrected chi connectivity index (χ4v) is 2.82. The highest BCUT2D eigenvalue weighted by Gasteiger charge is 2.22. The van der Waals surface area contributed by atoms with Crippen molar-refractivity contribution in [3.05, 3.63) is 88.2 Å². The lowest BCUT2D eigenvalue weighted by Gasteiger charge is -2.05. The third-order valence-corrected chi connectivity index (χ3v) is 4.64. The number of hydrazone groups is 2. The molecule has 0 aliphatic carbocycles. The van der Waals surface area contributed by atoms with Gasteiger partial charge in [0.15, 0.2) is 11.4 Å². The molecule has 0 fully saturated rings. The molecule has 0 aliphatic heterocycles. The second-order valence-electron chi connectivity index (χ2n) is 7.01. The highest BCUT2D eigenvalue weighted by molar-refractivity contribution is 6.09. The van der Waals surface area contributed by atoms with E-state index in [1.807, 2.05) is 0 Å². The van der Waals surface area contributed by atoms with Gasteiger partial charge in [-0.05, 0) is 36.3 Å². The lowest BCUT2D eigenvalue weighted by Crippen LogP contribution is -2.09. The van der Waals surface area contributed by atoms with Crippen molar-refractivity contribution in [3.63, 3.8) is 0 Å². The van der Waals surface area contributed by atoms with Crippen molar-refractivity contribution < 1.29 is 24.3 Å². The molecule has 0 aliphatic rings. The van der Waals surface area contributed by atoms with E-state index in [2.05, 4.69) is 31.4 Å². The summed E-state index contributed by atoms with van der Waals surface area (Å²) in [7, 11) is 0. The van der Waals surface area contributed by atoms with E-state index in [0.717, 1.165) is 36.4 Å². The summed E-state index contributed by atoms with van der Waals surface area (Å²) in [5, 5.41) is 59.7. The minimum absolute atomic E-state index is 0.0540. The SMILES string of the molecule is C/C(=N\Nc1ccc([N+](=O)[O-])cc1[N+](=O)[O-])c1nonc1/C(C)=N/Nc1ccc([N+](=O)[O-])cc1[N+](=O)[O-]. The maximum Gasteiger partial charge on any atom is 0.301 e. The van der Waals surface area contributed by atoms with E-state index in [4.69, 9.17) is 4.63 Å². The van der Waals surface area contributed by atoms with Gasteiger partial charge in [-0.15, -0.1) is 0 Å². The van der Waals surface area contributed by atoms with Crippen LogP contribution in [0.3, 0.4) is 0 Å². The maximum atomic E-state index is 11.3. The second kappa shape index (κ2) is 10.6. The van der Waals surface area contributed by atoms with Crippen LogP contribution >= 0.6 is 0 Å². The standard InChI is InChI=1S/C18H14N10O9/c1-9(19-21-13-5-3-11(25(29)30)7-15(13)27(33)34)17-18(24-37-23-17)10(2)20-22-14-6-4-12(26(31)32)8-16(14)28(35)36/h3-8,21-22H,1-2H3/b19-9+,20-10+. The molecule has 19 nitrogen and oxygen atoms in total. The quantitative estimate of drug-likeness (QED) is 0.223. The first kappa shape index (κ1) is 25.7. The van der Waals surface area contributed by atoms with Gasteiger partial charge in [-0.3, -0.25) is 51.3 Å². The van der Waals surface area contributed by atoms with Crippen LogP contribution in [0, 0.1) is 40.5 Å². The van der Waals surface area contributed by atoms with Crippen molar-refractivity contribution in [1.29, 1.82) is 0 Å². The summed E-state index contributed by atoms with van der Waals surface area (Å²) in [6.45, 7) is 2.91. The molecule has 37 heavy (non-hydrogen) atoms. The topological polar surface area (TPSA) is 260 Å². The largest absolute Gasteiger partial charge is 0.301 e. The van der Waals surface area contributed by atoms with Gasteiger partial charge in [-0.1, -0.05) is 0 Å². The van der Waals surface area contributed by atoms with Crippen LogP contribution in [-0.4, -0.2) is 41.4 Å². The van der Waals surface area contributed by atoms with Gasteiger partial charge < -0.3 is 0 Å². The fraction of sp³-hybridized carbons (Fsp3) is 0.111. The Morgan fingerprint density at radius 3 is 1.41 bits per heavy atom. The first-order valence-corrected chi connectivity index (χ1v) is 9.79. The van der Waals surface area contributed by atoms with Gasteiger partial charge in [0, 0.05) is 12.1 Å². The number of non-ortho nitro benzene ring substituents is 2. The number of nitro groups is 4. The van der Waals surface area contributed by atoms with Crippen LogP contribution in [0.1, 0.15) is 25.2 Å². The molecule has 0 unspecified atom stereocenters. The Hall–Kier alpha value is -5.88. The monoisotopic (exact) mass is 514 g/mol. The van der Waals surface area contributed by atoms with Crippen molar-refractivity contribution in [2.75, 3.05) is 10.9 Å². The van der Waals surface area contributed by atoms with Gasteiger partial charge in [0.25, 0.3) is 11.4 Å². The minimum Gasteiger partial charge on any atom is -0.271 e. The molecular weight excluding hydrogens is 500 g/mol. The van der Waals surface area contributed by atoms with Crippen LogP contribution in [0.4, 0.5) is 34.1 Å². The molecule has 190 valence electrons. The molecule has 3 aromatic rings. The van der Waals surface area contributed by atoms with Crippen molar-refractivity contribution in [1.82, 2.24) is 10.3 Å². The summed E-state index contributed by atoms with van der Waals surface area (Å²) in [6, 6.07) is 5.89. The molecule has 0 spiro atoms. The van der Waals surface area contributed by atoms with E-state index in [0.29, 0.717) is 0 Å². The zero-order chi connectivity index (χ0) is 27.3. The molecule has 0 saturated carbocycles. The maximum absolute atomic E-state index is 11.3. The van der Waals surface area contributed by atoms with Gasteiger partial charge in [-0.2, -0.15) is 10.2 Å². The molecule has 1 heterocycles. The summed E-state index contributed by atoms with van der Waals surface area (Å²) in [6.07, 6.45) is 0. The number of benzene rings is 2. The molecule has 1 aromatic heterocycles. The van der Waals surface area contributed by atoms with Gasteiger partial charge in [0.2, 0.25) is 0 Å². The van der Waals surface area contributed by atoms with Crippen LogP contribution in [0.5, 0.6) is 0 Å². The average molecular weight is 514 g/mol. The third-order valence-electron chi connectivity index (χ3n) is 4.64. The lowest BCUT2D eigenvalue weighted by molar-refractivity contribution is -0.393. The zero-order valence-corrected chi connectivity index (χ0v) is 18.7. The number of hydrogen-bond donors (Lipinski definition) is 2. The number of anilines is 2. The number of hydrogen-bond acceptors (Lipinski definition) is 15. The van der Waals surface area contributed by atoms with Crippen molar-refractivity contribution >= 4 is 45.5 Å². The number of nitro benzene ring substituents is 4. The van der Waals surface area contributed by atoms with Crippen molar-refractivity contribution in [2.24, 2.45) is 10.2 Å². The zero-order valence-electron chi connectivity index (χ0n) is 18.7. The molecular formula is C18H14N10O9. The second-order valence-corrected chi connectivity index (χ2v) is 7.01. The Bertz CT molecular complexity index is 1370. The molecule has 0 amide bonds. The Balaban J connectivity index is 1.85. The highest BCUT2D eigenvalue weighted by Crippen LogP contribution is 2.30. The molecule has 2 aromatic carbocycles. The van der Waals surface area contributed by atoms with Gasteiger partial charge >= 0.3 is 11.4 Å². The minimum atomic E-state index is -0.816. The van der Waals surface area contributed by atoms with E-state index >= 15 is 0 Å². The normalized spacial score (nSPS) is 11.6. The summed E-state index contributed by atoms with van der Waals surface area (Å²) in [4.78, 5) is 41.1. The van der Waals surface area contributed by atoms with E-state index in [-0.39, 0.29) is 34.2 Å². The molecule has 0 atom stereocenters. The van der Waals surface area contributed by atoms with Gasteiger partial charge in [0.1, 0.15) is 11.4 Å². The van der Waals surface area contributed by atoms with Crippen LogP contribution in [0.15, 0.2) is 51.2 Å². The number of aromatic nitrogens is 2. The molecule has 0 radical (unpaired) electrons. The van der Waals surface area contributed by atoms with Crippen LogP contribution in [0.2, 0.25) is 0 Å². The summed E-state index contributed by atoms with van der Waals surface area (Å²) >= 11 is 0. The summed E-state index contributed by atoms with van der Waals surface area (Å²) < 4.78 is 4.72. The Kier molecular flexibility index (Phi) is 7.36. The van der Waals surface area contributed by atoms with Crippen molar-refractivity contribution in [3.8, 4) is 0 Å². The van der Waals surface area contributed by atoms with Gasteiger partial charge in [-0.25, -0.2) is 4.63 Å². The number of nitrogens with one attached hydrogen (secondary N) is 2. The number of nitrogens with zero attached hydrogens (tertiary/aromatic N) is 8. The first-order valence-electron chi connectivity index (χ1n) is 9.79. The summed E-state index contributed by atoms with van der Waals surface area (Å²) in [5.41, 5.74) is 2.83. The Labute approximate surface area is 204 Å². The van der Waals surface area contributed by atoms with Crippen molar-refractivity contribution in [2.45, 2.75) is 13.8 Å². The Morgan fingerprint density at radius 1 is 0.703 bits per heavy atom. The van der Waals surface area contributed by atoms with Crippen LogP contribution in [0.25, 0.3) is 0 Å². The molecule has 2 N–H and O–H groups in total. The average Bonchev–Trinajstić information content (AvgIpc) is 3.35. The number of rotatable bonds is 10. The summed E-state index contributed by atoms with van der Waals surface area (Å²) in [5.74, 6) is 0. The fourth-order valence-electron chi connectivity index (χ4n) is 2.82. The van der Waals surface area contributed by atoms with Crippen LogP contribution < -0.4 is 10.9 Å². The smallest absolute Gasteiger partial charge is 0.271 e. The predicted molar refractivity (Wildman–Crippen MR) is 125 cm³/mol. The Morgan fingerprint density at radius 2 is 1.08 bits per heavy atom.